The lowest BCUT2D eigenvalue weighted by molar-refractivity contribution is 0.280. The van der Waals surface area contributed by atoms with Crippen LogP contribution in [0, 0.1) is 0 Å². The molecular weight excluding hydrogens is 282 g/mol. The summed E-state index contributed by atoms with van der Waals surface area (Å²) in [6.45, 7) is 6.26. The summed E-state index contributed by atoms with van der Waals surface area (Å²) in [5.41, 5.74) is 1.62. The first-order valence-corrected chi connectivity index (χ1v) is 8.09. The van der Waals surface area contributed by atoms with Gasteiger partial charge >= 0.3 is 0 Å². The van der Waals surface area contributed by atoms with Crippen molar-refractivity contribution >= 4 is 11.8 Å². The monoisotopic (exact) mass is 303 g/mol. The molecule has 0 atom stereocenters. The van der Waals surface area contributed by atoms with Crippen molar-refractivity contribution in [3.05, 3.63) is 47.7 Å². The van der Waals surface area contributed by atoms with Crippen LogP contribution in [0.1, 0.15) is 32.0 Å². The Hall–Kier alpha value is -1.52. The number of thioether (sulfide) groups is 1. The molecule has 1 heterocycles. The molecule has 0 unspecified atom stereocenters. The molecule has 0 saturated carbocycles. The molecule has 0 aliphatic heterocycles. The van der Waals surface area contributed by atoms with Crippen molar-refractivity contribution in [3.63, 3.8) is 0 Å². The van der Waals surface area contributed by atoms with Crippen LogP contribution >= 0.6 is 11.8 Å². The Labute approximate surface area is 130 Å². The van der Waals surface area contributed by atoms with Crippen LogP contribution < -0.4 is 4.74 Å². The van der Waals surface area contributed by atoms with Crippen LogP contribution in [-0.4, -0.2) is 16.3 Å². The number of benzene rings is 1. The van der Waals surface area contributed by atoms with Crippen LogP contribution in [-0.2, 0) is 12.0 Å². The molecule has 112 valence electrons. The SMILES string of the molecule is CSc1ccccc1Oc1cc(CO)cc(C(C)(C)C)n1. The fourth-order valence-electron chi connectivity index (χ4n) is 1.90. The molecule has 0 bridgehead atoms. The minimum atomic E-state index is -0.0949. The molecule has 0 spiro atoms. The number of para-hydroxylation sites is 1. The van der Waals surface area contributed by atoms with Gasteiger partial charge in [0.25, 0.3) is 0 Å². The number of aliphatic hydroxyl groups excluding tert-OH is 1. The van der Waals surface area contributed by atoms with Gasteiger partial charge in [-0.25, -0.2) is 4.98 Å². The lowest BCUT2D eigenvalue weighted by atomic mass is 9.91. The summed E-state index contributed by atoms with van der Waals surface area (Å²) < 4.78 is 5.94. The third-order valence-electron chi connectivity index (χ3n) is 3.10. The molecule has 0 aliphatic carbocycles. The van der Waals surface area contributed by atoms with Gasteiger partial charge in [0.2, 0.25) is 5.88 Å². The van der Waals surface area contributed by atoms with Crippen molar-refractivity contribution in [2.45, 2.75) is 37.7 Å². The fourth-order valence-corrected chi connectivity index (χ4v) is 2.43. The zero-order valence-corrected chi connectivity index (χ0v) is 13.7. The van der Waals surface area contributed by atoms with E-state index in [-0.39, 0.29) is 12.0 Å². The Morgan fingerprint density at radius 1 is 1.19 bits per heavy atom. The molecule has 1 aromatic heterocycles. The summed E-state index contributed by atoms with van der Waals surface area (Å²) >= 11 is 1.63. The van der Waals surface area contributed by atoms with Crippen LogP contribution in [0.3, 0.4) is 0 Å². The van der Waals surface area contributed by atoms with Crippen molar-refractivity contribution in [3.8, 4) is 11.6 Å². The minimum Gasteiger partial charge on any atom is -0.438 e. The Morgan fingerprint density at radius 2 is 1.90 bits per heavy atom. The van der Waals surface area contributed by atoms with Gasteiger partial charge in [-0.1, -0.05) is 32.9 Å². The maximum absolute atomic E-state index is 9.43. The topological polar surface area (TPSA) is 42.4 Å². The van der Waals surface area contributed by atoms with E-state index in [0.717, 1.165) is 21.9 Å². The largest absolute Gasteiger partial charge is 0.438 e. The number of ether oxygens (including phenoxy) is 1. The van der Waals surface area contributed by atoms with Gasteiger partial charge in [0.15, 0.2) is 0 Å². The zero-order valence-electron chi connectivity index (χ0n) is 12.9. The zero-order chi connectivity index (χ0) is 15.5. The predicted molar refractivity (Wildman–Crippen MR) is 87.2 cm³/mol. The third kappa shape index (κ3) is 3.99. The fraction of sp³-hybridized carbons (Fsp3) is 0.353. The molecule has 21 heavy (non-hydrogen) atoms. The average Bonchev–Trinajstić information content (AvgIpc) is 2.46. The van der Waals surface area contributed by atoms with Crippen molar-refractivity contribution in [2.24, 2.45) is 0 Å². The lowest BCUT2D eigenvalue weighted by Crippen LogP contribution is -2.14. The second kappa shape index (κ2) is 6.50. The van der Waals surface area contributed by atoms with Crippen LogP contribution in [0.4, 0.5) is 0 Å². The summed E-state index contributed by atoms with van der Waals surface area (Å²) in [5.74, 6) is 1.31. The average molecular weight is 303 g/mol. The van der Waals surface area contributed by atoms with E-state index in [2.05, 4.69) is 25.8 Å². The van der Waals surface area contributed by atoms with Gasteiger partial charge < -0.3 is 9.84 Å². The number of aliphatic hydroxyl groups is 1. The van der Waals surface area contributed by atoms with Crippen LogP contribution in [0.2, 0.25) is 0 Å². The summed E-state index contributed by atoms with van der Waals surface area (Å²) in [6, 6.07) is 11.6. The number of aromatic nitrogens is 1. The van der Waals surface area contributed by atoms with Gasteiger partial charge in [0.1, 0.15) is 5.75 Å². The molecule has 4 heteroatoms. The number of rotatable bonds is 4. The number of hydrogen-bond acceptors (Lipinski definition) is 4. The molecule has 0 fully saturated rings. The van der Waals surface area contributed by atoms with Gasteiger partial charge in [-0.2, -0.15) is 0 Å². The summed E-state index contributed by atoms with van der Waals surface area (Å²) in [6.07, 6.45) is 2.01. The highest BCUT2D eigenvalue weighted by Gasteiger charge is 2.18. The Kier molecular flexibility index (Phi) is 4.91. The Balaban J connectivity index is 2.39. The molecule has 1 aromatic carbocycles. The van der Waals surface area contributed by atoms with Crippen molar-refractivity contribution in [1.29, 1.82) is 0 Å². The number of pyridine rings is 1. The predicted octanol–water partition coefficient (Wildman–Crippen LogP) is 4.39. The second-order valence-corrected chi connectivity index (χ2v) is 6.71. The van der Waals surface area contributed by atoms with Gasteiger partial charge in [0, 0.05) is 16.4 Å². The first-order valence-electron chi connectivity index (χ1n) is 6.87. The van der Waals surface area contributed by atoms with E-state index >= 15 is 0 Å². The van der Waals surface area contributed by atoms with Gasteiger partial charge in [-0.3, -0.25) is 0 Å². The smallest absolute Gasteiger partial charge is 0.219 e. The quantitative estimate of drug-likeness (QED) is 0.851. The van der Waals surface area contributed by atoms with E-state index < -0.39 is 0 Å². The van der Waals surface area contributed by atoms with E-state index in [9.17, 15) is 5.11 Å². The van der Waals surface area contributed by atoms with Gasteiger partial charge in [0.05, 0.1) is 12.3 Å². The first-order chi connectivity index (χ1) is 9.94. The van der Waals surface area contributed by atoms with Crippen molar-refractivity contribution in [1.82, 2.24) is 4.98 Å². The molecule has 2 rings (SSSR count). The molecule has 0 saturated heterocycles. The lowest BCUT2D eigenvalue weighted by Gasteiger charge is -2.20. The summed E-state index contributed by atoms with van der Waals surface area (Å²) in [5, 5.41) is 9.43. The van der Waals surface area contributed by atoms with Crippen LogP contribution in [0.25, 0.3) is 0 Å². The van der Waals surface area contributed by atoms with Gasteiger partial charge in [-0.05, 0) is 30.0 Å². The van der Waals surface area contributed by atoms with E-state index in [1.807, 2.05) is 36.6 Å². The highest BCUT2D eigenvalue weighted by Crippen LogP contribution is 2.32. The number of hydrogen-bond donors (Lipinski definition) is 1. The van der Waals surface area contributed by atoms with Crippen molar-refractivity contribution < 1.29 is 9.84 Å². The Bertz CT molecular complexity index is 620. The van der Waals surface area contributed by atoms with Crippen LogP contribution in [0.5, 0.6) is 11.6 Å². The molecule has 3 nitrogen and oxygen atoms in total. The maximum atomic E-state index is 9.43. The summed E-state index contributed by atoms with van der Waals surface area (Å²) in [7, 11) is 0. The molecule has 0 amide bonds. The highest BCUT2D eigenvalue weighted by atomic mass is 32.2. The molecule has 2 aromatic rings. The molecular formula is C17H21NO2S. The van der Waals surface area contributed by atoms with Crippen LogP contribution in [0.15, 0.2) is 41.3 Å². The second-order valence-electron chi connectivity index (χ2n) is 5.86. The molecule has 1 N–H and O–H groups in total. The van der Waals surface area contributed by atoms with Gasteiger partial charge in [-0.15, -0.1) is 11.8 Å². The summed E-state index contributed by atoms with van der Waals surface area (Å²) in [4.78, 5) is 5.64. The van der Waals surface area contributed by atoms with E-state index in [1.54, 1.807) is 17.8 Å². The van der Waals surface area contributed by atoms with E-state index in [4.69, 9.17) is 4.74 Å². The normalized spacial score (nSPS) is 11.5. The minimum absolute atomic E-state index is 0.0217. The van der Waals surface area contributed by atoms with Crippen molar-refractivity contribution in [2.75, 3.05) is 6.26 Å². The highest BCUT2D eigenvalue weighted by molar-refractivity contribution is 7.98. The van der Waals surface area contributed by atoms with E-state index in [1.165, 1.54) is 0 Å². The standard InChI is InChI=1S/C17H21NO2S/c1-17(2,3)15-9-12(11-19)10-16(18-15)20-13-7-5-6-8-14(13)21-4/h5-10,19H,11H2,1-4H3. The first kappa shape index (κ1) is 15.9. The third-order valence-corrected chi connectivity index (χ3v) is 3.87. The maximum Gasteiger partial charge on any atom is 0.219 e. The Morgan fingerprint density at radius 3 is 2.52 bits per heavy atom. The molecule has 0 aliphatic rings. The number of nitrogens with zero attached hydrogens (tertiary/aromatic N) is 1. The van der Waals surface area contributed by atoms with E-state index in [0.29, 0.717) is 5.88 Å². The molecule has 0 radical (unpaired) electrons.